The number of carbonyl (C=O) groups is 1. The van der Waals surface area contributed by atoms with Crippen LogP contribution in [0.15, 0.2) is 29.2 Å². The van der Waals surface area contributed by atoms with Gasteiger partial charge in [-0.2, -0.15) is 0 Å². The van der Waals surface area contributed by atoms with Crippen molar-refractivity contribution in [2.75, 3.05) is 12.1 Å². The molecular weight excluding hydrogens is 230 g/mol. The molecule has 0 aliphatic heterocycles. The van der Waals surface area contributed by atoms with Crippen molar-refractivity contribution in [2.24, 2.45) is 0 Å². The Labute approximate surface area is 99.4 Å². The molecule has 1 N–H and O–H groups in total. The van der Waals surface area contributed by atoms with Crippen molar-refractivity contribution in [2.45, 2.75) is 17.9 Å². The standard InChI is InChI=1S/C11H14ClNOS/c1-8(7-12)13-11(14)9-3-5-10(15-2)6-4-9/h3-6,8H,7H2,1-2H3,(H,13,14). The highest BCUT2D eigenvalue weighted by Gasteiger charge is 2.08. The predicted octanol–water partition coefficient (Wildman–Crippen LogP) is 2.77. The van der Waals surface area contributed by atoms with Crippen LogP contribution in [0, 0.1) is 0 Å². The molecule has 15 heavy (non-hydrogen) atoms. The van der Waals surface area contributed by atoms with E-state index in [1.807, 2.05) is 37.4 Å². The Hall–Kier alpha value is -0.670. The Morgan fingerprint density at radius 1 is 1.47 bits per heavy atom. The fourth-order valence-corrected chi connectivity index (χ4v) is 1.57. The van der Waals surface area contributed by atoms with Crippen LogP contribution < -0.4 is 5.32 Å². The van der Waals surface area contributed by atoms with Crippen LogP contribution in [0.2, 0.25) is 0 Å². The summed E-state index contributed by atoms with van der Waals surface area (Å²) in [6.45, 7) is 1.88. The lowest BCUT2D eigenvalue weighted by Crippen LogP contribution is -2.33. The van der Waals surface area contributed by atoms with Crippen molar-refractivity contribution in [3.8, 4) is 0 Å². The van der Waals surface area contributed by atoms with Gasteiger partial charge in [0.25, 0.3) is 5.91 Å². The molecule has 2 nitrogen and oxygen atoms in total. The van der Waals surface area contributed by atoms with Crippen LogP contribution in [0.1, 0.15) is 17.3 Å². The van der Waals surface area contributed by atoms with Crippen LogP contribution in [0.25, 0.3) is 0 Å². The minimum Gasteiger partial charge on any atom is -0.348 e. The molecule has 1 aromatic rings. The van der Waals surface area contributed by atoms with Gasteiger partial charge in [0.1, 0.15) is 0 Å². The summed E-state index contributed by atoms with van der Waals surface area (Å²) in [5, 5.41) is 2.81. The van der Waals surface area contributed by atoms with Crippen molar-refractivity contribution in [3.63, 3.8) is 0 Å². The lowest BCUT2D eigenvalue weighted by atomic mass is 10.2. The van der Waals surface area contributed by atoms with E-state index in [-0.39, 0.29) is 11.9 Å². The van der Waals surface area contributed by atoms with Crippen LogP contribution in [0.5, 0.6) is 0 Å². The van der Waals surface area contributed by atoms with Gasteiger partial charge in [-0.25, -0.2) is 0 Å². The van der Waals surface area contributed by atoms with Gasteiger partial charge in [-0.3, -0.25) is 4.79 Å². The third-order valence-corrected chi connectivity index (χ3v) is 3.17. The summed E-state index contributed by atoms with van der Waals surface area (Å²) in [5.74, 6) is 0.352. The summed E-state index contributed by atoms with van der Waals surface area (Å²) in [4.78, 5) is 12.8. The Kier molecular flexibility index (Phi) is 4.99. The molecule has 0 aliphatic carbocycles. The highest BCUT2D eigenvalue weighted by atomic mass is 35.5. The number of benzene rings is 1. The summed E-state index contributed by atoms with van der Waals surface area (Å²) in [5.41, 5.74) is 0.671. The summed E-state index contributed by atoms with van der Waals surface area (Å²) < 4.78 is 0. The molecule has 0 heterocycles. The Bertz CT molecular complexity index is 326. The number of thioether (sulfide) groups is 1. The third kappa shape index (κ3) is 3.76. The SMILES string of the molecule is CSc1ccc(C(=O)NC(C)CCl)cc1. The molecular formula is C11H14ClNOS. The number of alkyl halides is 1. The number of amides is 1. The van der Waals surface area contributed by atoms with Gasteiger partial charge in [-0.1, -0.05) is 0 Å². The van der Waals surface area contributed by atoms with Crippen molar-refractivity contribution in [3.05, 3.63) is 29.8 Å². The molecule has 1 rings (SSSR count). The summed E-state index contributed by atoms with van der Waals surface area (Å²) >= 11 is 7.27. The number of carbonyl (C=O) groups excluding carboxylic acids is 1. The molecule has 1 atom stereocenters. The maximum atomic E-state index is 11.6. The molecule has 4 heteroatoms. The second kappa shape index (κ2) is 6.03. The van der Waals surface area contributed by atoms with Crippen LogP contribution in [0.4, 0.5) is 0 Å². The number of hydrogen-bond donors (Lipinski definition) is 1. The van der Waals surface area contributed by atoms with Crippen LogP contribution in [0.3, 0.4) is 0 Å². The number of nitrogens with one attached hydrogen (secondary N) is 1. The molecule has 0 aliphatic rings. The molecule has 1 unspecified atom stereocenters. The average Bonchev–Trinajstić information content (AvgIpc) is 2.29. The minimum absolute atomic E-state index is 0.000562. The van der Waals surface area contributed by atoms with Crippen LogP contribution in [-0.2, 0) is 0 Å². The van der Waals surface area contributed by atoms with E-state index in [2.05, 4.69) is 5.32 Å². The summed E-state index contributed by atoms with van der Waals surface area (Å²) in [6, 6.07) is 7.51. The Morgan fingerprint density at radius 2 is 2.07 bits per heavy atom. The Balaban J connectivity index is 2.66. The van der Waals surface area contributed by atoms with Crippen molar-refractivity contribution in [1.82, 2.24) is 5.32 Å². The van der Waals surface area contributed by atoms with E-state index in [9.17, 15) is 4.79 Å². The lowest BCUT2D eigenvalue weighted by molar-refractivity contribution is 0.0943. The molecule has 0 saturated heterocycles. The maximum absolute atomic E-state index is 11.6. The van der Waals surface area contributed by atoms with Crippen LogP contribution in [-0.4, -0.2) is 24.1 Å². The van der Waals surface area contributed by atoms with Gasteiger partial charge in [-0.05, 0) is 37.4 Å². The van der Waals surface area contributed by atoms with E-state index in [4.69, 9.17) is 11.6 Å². The number of halogens is 1. The fraction of sp³-hybridized carbons (Fsp3) is 0.364. The quantitative estimate of drug-likeness (QED) is 0.651. The predicted molar refractivity (Wildman–Crippen MR) is 65.9 cm³/mol. The Morgan fingerprint density at radius 3 is 2.53 bits per heavy atom. The zero-order chi connectivity index (χ0) is 11.3. The molecule has 0 saturated carbocycles. The van der Waals surface area contributed by atoms with Gasteiger partial charge in [0.15, 0.2) is 0 Å². The van der Waals surface area contributed by atoms with Gasteiger partial charge in [0.05, 0.1) is 0 Å². The van der Waals surface area contributed by atoms with Gasteiger partial charge in [0, 0.05) is 22.4 Å². The van der Waals surface area contributed by atoms with Crippen molar-refractivity contribution in [1.29, 1.82) is 0 Å². The van der Waals surface area contributed by atoms with Gasteiger partial charge in [-0.15, -0.1) is 23.4 Å². The van der Waals surface area contributed by atoms with E-state index < -0.39 is 0 Å². The van der Waals surface area contributed by atoms with E-state index >= 15 is 0 Å². The van der Waals surface area contributed by atoms with E-state index in [1.165, 1.54) is 0 Å². The first-order valence-corrected chi connectivity index (χ1v) is 6.44. The first-order chi connectivity index (χ1) is 7.17. The topological polar surface area (TPSA) is 29.1 Å². The van der Waals surface area contributed by atoms with E-state index in [1.54, 1.807) is 11.8 Å². The lowest BCUT2D eigenvalue weighted by Gasteiger charge is -2.10. The normalized spacial score (nSPS) is 12.2. The molecule has 0 fully saturated rings. The largest absolute Gasteiger partial charge is 0.348 e. The fourth-order valence-electron chi connectivity index (χ4n) is 1.09. The third-order valence-electron chi connectivity index (χ3n) is 1.96. The van der Waals surface area contributed by atoms with E-state index in [0.29, 0.717) is 11.4 Å². The molecule has 0 radical (unpaired) electrons. The molecule has 1 amide bonds. The molecule has 0 bridgehead atoms. The highest BCUT2D eigenvalue weighted by Crippen LogP contribution is 2.14. The van der Waals surface area contributed by atoms with Crippen molar-refractivity contribution < 1.29 is 4.79 Å². The first-order valence-electron chi connectivity index (χ1n) is 4.68. The monoisotopic (exact) mass is 243 g/mol. The van der Waals surface area contributed by atoms with Crippen molar-refractivity contribution >= 4 is 29.3 Å². The van der Waals surface area contributed by atoms with Gasteiger partial charge in [0.2, 0.25) is 0 Å². The van der Waals surface area contributed by atoms with Gasteiger partial charge >= 0.3 is 0 Å². The maximum Gasteiger partial charge on any atom is 0.251 e. The smallest absolute Gasteiger partial charge is 0.251 e. The molecule has 82 valence electrons. The van der Waals surface area contributed by atoms with Gasteiger partial charge < -0.3 is 5.32 Å². The number of hydrogen-bond acceptors (Lipinski definition) is 2. The second-order valence-electron chi connectivity index (χ2n) is 3.26. The molecule has 1 aromatic carbocycles. The molecule has 0 aromatic heterocycles. The summed E-state index contributed by atoms with van der Waals surface area (Å²) in [6.07, 6.45) is 2.00. The summed E-state index contributed by atoms with van der Waals surface area (Å²) in [7, 11) is 0. The molecule has 0 spiro atoms. The zero-order valence-corrected chi connectivity index (χ0v) is 10.4. The highest BCUT2D eigenvalue weighted by molar-refractivity contribution is 7.98. The van der Waals surface area contributed by atoms with E-state index in [0.717, 1.165) is 4.90 Å². The first kappa shape index (κ1) is 12.4. The average molecular weight is 244 g/mol. The minimum atomic E-state index is -0.0733. The second-order valence-corrected chi connectivity index (χ2v) is 4.45. The zero-order valence-electron chi connectivity index (χ0n) is 8.79. The van der Waals surface area contributed by atoms with Crippen LogP contribution >= 0.6 is 23.4 Å². The number of rotatable bonds is 4.